The van der Waals surface area contributed by atoms with E-state index in [-0.39, 0.29) is 5.56 Å². The molecule has 7 nitrogen and oxygen atoms in total. The molecule has 0 radical (unpaired) electrons. The van der Waals surface area contributed by atoms with E-state index in [0.29, 0.717) is 23.0 Å². The van der Waals surface area contributed by atoms with E-state index >= 15 is 0 Å². The molecule has 0 saturated carbocycles. The van der Waals surface area contributed by atoms with Crippen LogP contribution in [0.4, 0.5) is 0 Å². The van der Waals surface area contributed by atoms with Gasteiger partial charge in [0.05, 0.1) is 26.9 Å². The lowest BCUT2D eigenvalue weighted by Gasteiger charge is -2.13. The monoisotopic (exact) mass is 407 g/mol. The first-order valence-electron chi connectivity index (χ1n) is 9.17. The van der Waals surface area contributed by atoms with E-state index in [1.165, 1.54) is 33.5 Å². The van der Waals surface area contributed by atoms with Gasteiger partial charge < -0.3 is 19.0 Å². The van der Waals surface area contributed by atoms with E-state index in [1.807, 2.05) is 66.5 Å². The van der Waals surface area contributed by atoms with Crippen LogP contribution in [0.1, 0.15) is 21.5 Å². The van der Waals surface area contributed by atoms with E-state index in [0.717, 1.165) is 11.1 Å². The molecule has 0 aliphatic carbocycles. The van der Waals surface area contributed by atoms with Crippen molar-refractivity contribution in [3.63, 3.8) is 0 Å². The molecule has 154 valence electrons. The highest BCUT2D eigenvalue weighted by Crippen LogP contribution is 2.38. The molecule has 0 aliphatic heterocycles. The summed E-state index contributed by atoms with van der Waals surface area (Å²) < 4.78 is 17.8. The first kappa shape index (κ1) is 20.9. The summed E-state index contributed by atoms with van der Waals surface area (Å²) in [6.45, 7) is 0. The Morgan fingerprint density at radius 3 is 1.90 bits per heavy atom. The van der Waals surface area contributed by atoms with Gasteiger partial charge in [0.15, 0.2) is 23.9 Å². The lowest BCUT2D eigenvalue weighted by molar-refractivity contribution is -0.671. The van der Waals surface area contributed by atoms with Crippen LogP contribution in [0.2, 0.25) is 0 Å². The zero-order chi connectivity index (χ0) is 21.5. The van der Waals surface area contributed by atoms with Crippen molar-refractivity contribution in [3.8, 4) is 17.2 Å². The van der Waals surface area contributed by atoms with Crippen molar-refractivity contribution in [3.05, 3.63) is 83.7 Å². The quantitative estimate of drug-likeness (QED) is 0.260. The van der Waals surface area contributed by atoms with Gasteiger partial charge in [-0.25, -0.2) is 9.36 Å². The van der Waals surface area contributed by atoms with Crippen molar-refractivity contribution in [2.45, 2.75) is 0 Å². The predicted octanol–water partition coefficient (Wildman–Crippen LogP) is 3.15. The molecular formula is C23H23N2O5+. The lowest BCUT2D eigenvalue weighted by atomic mass is 10.0. The standard InChI is InChI=1S/C23H23N2O5/c1-25-12-10-17(11-13-25)21(16-8-6-5-7-9-16)24-30-23(26)18-14-19(27-2)22(29-4)20(15-18)28-3/h5-15H,1-4H3/q+1. The number of hydrogen-bond donors (Lipinski definition) is 0. The van der Waals surface area contributed by atoms with Gasteiger partial charge in [-0.3, -0.25) is 0 Å². The number of nitrogens with zero attached hydrogens (tertiary/aromatic N) is 2. The van der Waals surface area contributed by atoms with Crippen LogP contribution in [0.25, 0.3) is 0 Å². The highest BCUT2D eigenvalue weighted by molar-refractivity contribution is 6.12. The molecule has 0 bridgehead atoms. The van der Waals surface area contributed by atoms with Crippen LogP contribution in [0, 0.1) is 0 Å². The Labute approximate surface area is 175 Å². The van der Waals surface area contributed by atoms with E-state index in [1.54, 1.807) is 0 Å². The molecule has 0 saturated heterocycles. The van der Waals surface area contributed by atoms with E-state index in [9.17, 15) is 4.79 Å². The molecule has 30 heavy (non-hydrogen) atoms. The Kier molecular flexibility index (Phi) is 6.64. The number of carbonyl (C=O) groups excluding carboxylic acids is 1. The zero-order valence-electron chi connectivity index (χ0n) is 17.3. The molecule has 0 aliphatic rings. The summed E-state index contributed by atoms with van der Waals surface area (Å²) in [7, 11) is 6.38. The smallest absolute Gasteiger partial charge is 0.366 e. The fraction of sp³-hybridized carbons (Fsp3) is 0.174. The van der Waals surface area contributed by atoms with Crippen molar-refractivity contribution in [1.29, 1.82) is 0 Å². The summed E-state index contributed by atoms with van der Waals surface area (Å²) in [5, 5.41) is 4.17. The average molecular weight is 407 g/mol. The molecule has 2 aromatic carbocycles. The second-order valence-corrected chi connectivity index (χ2v) is 6.35. The lowest BCUT2D eigenvalue weighted by Crippen LogP contribution is -2.26. The van der Waals surface area contributed by atoms with Crippen molar-refractivity contribution in [1.82, 2.24) is 0 Å². The molecule has 0 N–H and O–H groups in total. The first-order valence-corrected chi connectivity index (χ1v) is 9.17. The minimum Gasteiger partial charge on any atom is -0.493 e. The number of aryl methyl sites for hydroxylation is 1. The summed E-state index contributed by atoms with van der Waals surface area (Å²) >= 11 is 0. The van der Waals surface area contributed by atoms with Crippen LogP contribution >= 0.6 is 0 Å². The summed E-state index contributed by atoms with van der Waals surface area (Å²) in [6, 6.07) is 16.3. The zero-order valence-corrected chi connectivity index (χ0v) is 17.3. The molecule has 1 aromatic heterocycles. The van der Waals surface area contributed by atoms with Gasteiger partial charge >= 0.3 is 5.97 Å². The third-order valence-electron chi connectivity index (χ3n) is 4.42. The third-order valence-corrected chi connectivity index (χ3v) is 4.42. The second-order valence-electron chi connectivity index (χ2n) is 6.35. The minimum atomic E-state index is -0.649. The predicted molar refractivity (Wildman–Crippen MR) is 111 cm³/mol. The molecule has 0 atom stereocenters. The molecule has 0 fully saturated rings. The fourth-order valence-corrected chi connectivity index (χ4v) is 2.87. The Hall–Kier alpha value is -3.87. The Morgan fingerprint density at radius 2 is 1.37 bits per heavy atom. The summed E-state index contributed by atoms with van der Waals surface area (Å²) in [6.07, 6.45) is 3.80. The fourth-order valence-electron chi connectivity index (χ4n) is 2.87. The maximum Gasteiger partial charge on any atom is 0.366 e. The molecule has 3 rings (SSSR count). The SMILES string of the molecule is COc1cc(C(=O)ON=C(c2ccccc2)c2cc[n+](C)cc2)cc(OC)c1OC. The van der Waals surface area contributed by atoms with Gasteiger partial charge in [-0.15, -0.1) is 0 Å². The highest BCUT2D eigenvalue weighted by atomic mass is 16.7. The van der Waals surface area contributed by atoms with Crippen LogP contribution in [-0.4, -0.2) is 33.0 Å². The van der Waals surface area contributed by atoms with Gasteiger partial charge in [-0.1, -0.05) is 35.5 Å². The van der Waals surface area contributed by atoms with Gasteiger partial charge in [0, 0.05) is 23.3 Å². The second kappa shape index (κ2) is 9.56. The maximum absolute atomic E-state index is 12.7. The van der Waals surface area contributed by atoms with Crippen molar-refractivity contribution < 1.29 is 28.4 Å². The number of pyridine rings is 1. The number of aromatic nitrogens is 1. The topological polar surface area (TPSA) is 70.2 Å². The van der Waals surface area contributed by atoms with Crippen LogP contribution in [0.3, 0.4) is 0 Å². The number of hydrogen-bond acceptors (Lipinski definition) is 6. The molecule has 0 amide bonds. The number of oxime groups is 1. The number of methoxy groups -OCH3 is 3. The Balaban J connectivity index is 1.96. The van der Waals surface area contributed by atoms with E-state index < -0.39 is 5.97 Å². The first-order chi connectivity index (χ1) is 14.6. The summed E-state index contributed by atoms with van der Waals surface area (Å²) in [4.78, 5) is 18.0. The van der Waals surface area contributed by atoms with Crippen molar-refractivity contribution >= 4 is 11.7 Å². The van der Waals surface area contributed by atoms with Gasteiger partial charge in [0.1, 0.15) is 12.8 Å². The highest BCUT2D eigenvalue weighted by Gasteiger charge is 2.19. The summed E-state index contributed by atoms with van der Waals surface area (Å²) in [5.74, 6) is 0.449. The molecule has 1 heterocycles. The molecule has 0 spiro atoms. The van der Waals surface area contributed by atoms with Crippen molar-refractivity contribution in [2.24, 2.45) is 12.2 Å². The number of ether oxygens (including phenoxy) is 3. The average Bonchev–Trinajstić information content (AvgIpc) is 2.79. The Morgan fingerprint density at radius 1 is 0.800 bits per heavy atom. The molecular weight excluding hydrogens is 384 g/mol. The largest absolute Gasteiger partial charge is 0.493 e. The van der Waals surface area contributed by atoms with Gasteiger partial charge in [-0.05, 0) is 12.1 Å². The minimum absolute atomic E-state index is 0.222. The van der Waals surface area contributed by atoms with Gasteiger partial charge in [0.25, 0.3) is 0 Å². The van der Waals surface area contributed by atoms with E-state index in [4.69, 9.17) is 19.0 Å². The van der Waals surface area contributed by atoms with Gasteiger partial charge in [-0.2, -0.15) is 0 Å². The van der Waals surface area contributed by atoms with E-state index in [2.05, 4.69) is 5.16 Å². The van der Waals surface area contributed by atoms with Crippen LogP contribution in [0.5, 0.6) is 17.2 Å². The van der Waals surface area contributed by atoms with Crippen LogP contribution < -0.4 is 18.8 Å². The molecule has 7 heteroatoms. The molecule has 0 unspecified atom stereocenters. The number of carbonyl (C=O) groups is 1. The summed E-state index contributed by atoms with van der Waals surface area (Å²) in [5.41, 5.74) is 2.40. The Bertz CT molecular complexity index is 1020. The van der Waals surface area contributed by atoms with Gasteiger partial charge in [0.2, 0.25) is 5.75 Å². The third kappa shape index (κ3) is 4.57. The van der Waals surface area contributed by atoms with Crippen LogP contribution in [0.15, 0.2) is 72.1 Å². The van der Waals surface area contributed by atoms with Crippen LogP contribution in [-0.2, 0) is 11.9 Å². The maximum atomic E-state index is 12.7. The molecule has 3 aromatic rings. The number of benzene rings is 2. The number of rotatable bonds is 7. The van der Waals surface area contributed by atoms with Crippen molar-refractivity contribution in [2.75, 3.05) is 21.3 Å². The normalized spacial score (nSPS) is 11.0.